The molecule has 0 aliphatic heterocycles. The van der Waals surface area contributed by atoms with Crippen molar-refractivity contribution in [3.63, 3.8) is 0 Å². The highest BCUT2D eigenvalue weighted by Gasteiger charge is 2.13. The minimum Gasteiger partial charge on any atom is -0.497 e. The Hall–Kier alpha value is -1.73. The van der Waals surface area contributed by atoms with Crippen LogP contribution in [0, 0.1) is 11.3 Å². The number of carbonyl (C=O) groups is 1. The Bertz CT molecular complexity index is 466. The quantitative estimate of drug-likeness (QED) is 0.773. The molecule has 0 aliphatic carbocycles. The Morgan fingerprint density at radius 1 is 1.53 bits per heavy atom. The molecular formula is C12H12ClNO3. The van der Waals surface area contributed by atoms with Gasteiger partial charge < -0.3 is 9.47 Å². The molecule has 0 saturated carbocycles. The molecule has 1 rings (SSSR count). The number of carbonyl (C=O) groups excluding carboxylic acids is 1. The molecule has 4 nitrogen and oxygen atoms in total. The van der Waals surface area contributed by atoms with Crippen LogP contribution in [0.25, 0.3) is 0 Å². The summed E-state index contributed by atoms with van der Waals surface area (Å²) < 4.78 is 9.86. The highest BCUT2D eigenvalue weighted by atomic mass is 35.5. The van der Waals surface area contributed by atoms with Crippen molar-refractivity contribution in [1.82, 2.24) is 0 Å². The molecule has 0 unspecified atom stereocenters. The number of rotatable bonds is 4. The normalized spacial score (nSPS) is 9.53. The van der Waals surface area contributed by atoms with Gasteiger partial charge in [-0.15, -0.1) is 0 Å². The summed E-state index contributed by atoms with van der Waals surface area (Å²) in [5.74, 6) is 0.108. The van der Waals surface area contributed by atoms with Crippen LogP contribution in [0.4, 0.5) is 0 Å². The maximum absolute atomic E-state index is 11.4. The number of halogens is 1. The number of methoxy groups -OCH3 is 1. The first kappa shape index (κ1) is 13.3. The highest BCUT2D eigenvalue weighted by Crippen LogP contribution is 2.27. The summed E-state index contributed by atoms with van der Waals surface area (Å²) in [6.45, 7) is 2.04. The molecule has 0 N–H and O–H groups in total. The van der Waals surface area contributed by atoms with E-state index in [1.54, 1.807) is 13.0 Å². The third-order valence-corrected chi connectivity index (χ3v) is 2.56. The predicted octanol–water partition coefficient (Wildman–Crippen LogP) is 2.33. The van der Waals surface area contributed by atoms with Gasteiger partial charge in [-0.25, -0.2) is 0 Å². The van der Waals surface area contributed by atoms with Crippen LogP contribution in [-0.4, -0.2) is 19.7 Å². The van der Waals surface area contributed by atoms with E-state index in [-0.39, 0.29) is 23.0 Å². The van der Waals surface area contributed by atoms with Gasteiger partial charge in [-0.1, -0.05) is 11.6 Å². The van der Waals surface area contributed by atoms with Gasteiger partial charge >= 0.3 is 5.97 Å². The summed E-state index contributed by atoms with van der Waals surface area (Å²) in [5, 5.41) is 9.16. The van der Waals surface area contributed by atoms with Crippen LogP contribution >= 0.6 is 11.6 Å². The van der Waals surface area contributed by atoms with E-state index in [4.69, 9.17) is 26.3 Å². The van der Waals surface area contributed by atoms with Crippen LogP contribution in [0.2, 0.25) is 5.02 Å². The number of nitriles is 1. The summed E-state index contributed by atoms with van der Waals surface area (Å²) in [5.41, 5.74) is 0.811. The molecule has 0 heterocycles. The molecule has 0 aromatic heterocycles. The van der Waals surface area contributed by atoms with E-state index in [0.29, 0.717) is 17.9 Å². The second-order valence-corrected chi connectivity index (χ2v) is 3.62. The van der Waals surface area contributed by atoms with Gasteiger partial charge in [0.2, 0.25) is 0 Å². The summed E-state index contributed by atoms with van der Waals surface area (Å²) >= 11 is 6.00. The first-order valence-corrected chi connectivity index (χ1v) is 5.42. The van der Waals surface area contributed by atoms with E-state index in [1.807, 2.05) is 6.07 Å². The van der Waals surface area contributed by atoms with Crippen molar-refractivity contribution in [3.8, 4) is 11.8 Å². The summed E-state index contributed by atoms with van der Waals surface area (Å²) in [7, 11) is 1.48. The van der Waals surface area contributed by atoms with Crippen molar-refractivity contribution in [2.45, 2.75) is 13.3 Å². The molecule has 0 saturated heterocycles. The number of esters is 1. The zero-order valence-electron chi connectivity index (χ0n) is 9.62. The number of nitrogens with zero attached hydrogens (tertiary/aromatic N) is 1. The van der Waals surface area contributed by atoms with Crippen LogP contribution in [0.3, 0.4) is 0 Å². The van der Waals surface area contributed by atoms with Gasteiger partial charge in [0.25, 0.3) is 0 Å². The third kappa shape index (κ3) is 3.36. The van der Waals surface area contributed by atoms with Gasteiger partial charge in [0.05, 0.1) is 30.7 Å². The van der Waals surface area contributed by atoms with E-state index in [1.165, 1.54) is 13.2 Å². The molecule has 0 bridgehead atoms. The van der Waals surface area contributed by atoms with Crippen molar-refractivity contribution in [3.05, 3.63) is 28.3 Å². The van der Waals surface area contributed by atoms with E-state index in [9.17, 15) is 4.79 Å². The fourth-order valence-corrected chi connectivity index (χ4v) is 1.57. The Labute approximate surface area is 105 Å². The van der Waals surface area contributed by atoms with Gasteiger partial charge in [-0.05, 0) is 24.6 Å². The summed E-state index contributed by atoms with van der Waals surface area (Å²) in [4.78, 5) is 11.4. The number of benzene rings is 1. The van der Waals surface area contributed by atoms with E-state index < -0.39 is 0 Å². The summed E-state index contributed by atoms with van der Waals surface area (Å²) in [6, 6.07) is 5.10. The monoisotopic (exact) mass is 253 g/mol. The molecular weight excluding hydrogens is 242 g/mol. The Balaban J connectivity index is 3.06. The predicted molar refractivity (Wildman–Crippen MR) is 63.1 cm³/mol. The third-order valence-electron chi connectivity index (χ3n) is 2.12. The molecule has 1 aromatic rings. The van der Waals surface area contributed by atoms with Gasteiger partial charge in [0.1, 0.15) is 11.8 Å². The lowest BCUT2D eigenvalue weighted by Crippen LogP contribution is -2.08. The summed E-state index contributed by atoms with van der Waals surface area (Å²) in [6.07, 6.45) is 0.0263. The van der Waals surface area contributed by atoms with Gasteiger partial charge in [0, 0.05) is 0 Å². The van der Waals surface area contributed by atoms with Crippen LogP contribution in [0.15, 0.2) is 12.1 Å². The second-order valence-electron chi connectivity index (χ2n) is 3.24. The SMILES string of the molecule is CCOC(=O)Cc1cc(OC)cc(C#N)c1Cl. The standard InChI is InChI=1S/C12H12ClNO3/c1-3-17-11(15)6-8-4-10(16-2)5-9(7-14)12(8)13/h4-5H,3,6H2,1-2H3. The molecule has 5 heteroatoms. The lowest BCUT2D eigenvalue weighted by Gasteiger charge is -2.08. The van der Waals surface area contributed by atoms with E-state index in [2.05, 4.69) is 0 Å². The first-order valence-electron chi connectivity index (χ1n) is 5.04. The van der Waals surface area contributed by atoms with Crippen LogP contribution in [0.5, 0.6) is 5.75 Å². The maximum Gasteiger partial charge on any atom is 0.310 e. The van der Waals surface area contributed by atoms with Crippen molar-refractivity contribution in [2.24, 2.45) is 0 Å². The molecule has 17 heavy (non-hydrogen) atoms. The number of hydrogen-bond donors (Lipinski definition) is 0. The Kier molecular flexibility index (Phi) is 4.80. The van der Waals surface area contributed by atoms with Gasteiger partial charge in [0.15, 0.2) is 0 Å². The Morgan fingerprint density at radius 2 is 2.24 bits per heavy atom. The Morgan fingerprint density at radius 3 is 2.76 bits per heavy atom. The minimum absolute atomic E-state index is 0.0263. The van der Waals surface area contributed by atoms with Crippen LogP contribution < -0.4 is 4.74 Å². The smallest absolute Gasteiger partial charge is 0.310 e. The molecule has 0 radical (unpaired) electrons. The molecule has 0 aliphatic rings. The first-order chi connectivity index (χ1) is 8.12. The molecule has 0 fully saturated rings. The molecule has 0 spiro atoms. The van der Waals surface area contributed by atoms with E-state index in [0.717, 1.165) is 0 Å². The fraction of sp³-hybridized carbons (Fsp3) is 0.333. The van der Waals surface area contributed by atoms with Crippen LogP contribution in [-0.2, 0) is 16.0 Å². The van der Waals surface area contributed by atoms with Crippen molar-refractivity contribution in [2.75, 3.05) is 13.7 Å². The second kappa shape index (κ2) is 6.12. The maximum atomic E-state index is 11.4. The largest absolute Gasteiger partial charge is 0.497 e. The molecule has 90 valence electrons. The van der Waals surface area contributed by atoms with Crippen molar-refractivity contribution < 1.29 is 14.3 Å². The van der Waals surface area contributed by atoms with Crippen molar-refractivity contribution in [1.29, 1.82) is 5.26 Å². The van der Waals surface area contributed by atoms with Crippen molar-refractivity contribution >= 4 is 17.6 Å². The average molecular weight is 254 g/mol. The molecule has 1 aromatic carbocycles. The lowest BCUT2D eigenvalue weighted by molar-refractivity contribution is -0.142. The lowest BCUT2D eigenvalue weighted by atomic mass is 10.1. The van der Waals surface area contributed by atoms with Gasteiger partial charge in [-0.3, -0.25) is 4.79 Å². The molecule has 0 amide bonds. The minimum atomic E-state index is -0.383. The fourth-order valence-electron chi connectivity index (χ4n) is 1.35. The van der Waals surface area contributed by atoms with Crippen LogP contribution in [0.1, 0.15) is 18.1 Å². The van der Waals surface area contributed by atoms with E-state index >= 15 is 0 Å². The number of ether oxygens (including phenoxy) is 2. The molecule has 0 atom stereocenters. The number of hydrogen-bond acceptors (Lipinski definition) is 4. The average Bonchev–Trinajstić information content (AvgIpc) is 2.32. The zero-order chi connectivity index (χ0) is 12.8. The van der Waals surface area contributed by atoms with Gasteiger partial charge in [-0.2, -0.15) is 5.26 Å². The highest BCUT2D eigenvalue weighted by molar-refractivity contribution is 6.32. The zero-order valence-corrected chi connectivity index (χ0v) is 10.4. The topological polar surface area (TPSA) is 59.3 Å².